The molecule has 4 heterocycles. The number of carbonyl (C=O) groups is 2. The molecule has 166 valence electrons. The van der Waals surface area contributed by atoms with Gasteiger partial charge in [-0.1, -0.05) is 0 Å². The van der Waals surface area contributed by atoms with Gasteiger partial charge in [0.1, 0.15) is 23.0 Å². The molecule has 4 rings (SSSR count). The summed E-state index contributed by atoms with van der Waals surface area (Å²) in [6, 6.07) is 5.23. The second-order valence-electron chi connectivity index (χ2n) is 8.04. The molecule has 9 nitrogen and oxygen atoms in total. The summed E-state index contributed by atoms with van der Waals surface area (Å²) in [5.41, 5.74) is 7.62. The number of aromatic nitrogens is 3. The van der Waals surface area contributed by atoms with Gasteiger partial charge in [0.25, 0.3) is 11.8 Å². The summed E-state index contributed by atoms with van der Waals surface area (Å²) in [7, 11) is 0. The molecule has 0 fully saturated rings. The maximum Gasteiger partial charge on any atom is 0.273 e. The predicted octanol–water partition coefficient (Wildman–Crippen LogP) is 4.17. The SMILES string of the molecule is Cc1cc(C(=O)NNC(=O)c2cc(-c3cc(C)oc3C)nc3c2cnn3C(C)C)c(C)o1. The number of hydrogen-bond acceptors (Lipinski definition) is 6. The van der Waals surface area contributed by atoms with E-state index in [1.165, 1.54) is 0 Å². The zero-order valence-electron chi connectivity index (χ0n) is 18.9. The van der Waals surface area contributed by atoms with Crippen LogP contribution < -0.4 is 10.9 Å². The van der Waals surface area contributed by atoms with Gasteiger partial charge in [-0.3, -0.25) is 20.4 Å². The van der Waals surface area contributed by atoms with E-state index in [4.69, 9.17) is 13.8 Å². The molecule has 0 saturated heterocycles. The largest absolute Gasteiger partial charge is 0.466 e. The average molecular weight is 435 g/mol. The first kappa shape index (κ1) is 21.4. The fraction of sp³-hybridized carbons (Fsp3) is 0.304. The molecule has 0 radical (unpaired) electrons. The van der Waals surface area contributed by atoms with Gasteiger partial charge in [-0.25, -0.2) is 9.67 Å². The highest BCUT2D eigenvalue weighted by Crippen LogP contribution is 2.30. The van der Waals surface area contributed by atoms with Gasteiger partial charge in [0.2, 0.25) is 0 Å². The third kappa shape index (κ3) is 3.77. The topological polar surface area (TPSA) is 115 Å². The van der Waals surface area contributed by atoms with Crippen LogP contribution in [0.3, 0.4) is 0 Å². The number of furan rings is 2. The van der Waals surface area contributed by atoms with E-state index in [1.54, 1.807) is 36.9 Å². The maximum absolute atomic E-state index is 13.1. The summed E-state index contributed by atoms with van der Waals surface area (Å²) in [5.74, 6) is 1.61. The number of amides is 2. The highest BCUT2D eigenvalue weighted by Gasteiger charge is 2.21. The van der Waals surface area contributed by atoms with Crippen LogP contribution in [0, 0.1) is 27.7 Å². The van der Waals surface area contributed by atoms with Crippen LogP contribution >= 0.6 is 0 Å². The number of fused-ring (bicyclic) bond motifs is 1. The first-order valence-electron chi connectivity index (χ1n) is 10.3. The summed E-state index contributed by atoms with van der Waals surface area (Å²) < 4.78 is 12.8. The molecular formula is C23H25N5O4. The standard InChI is InChI=1S/C23H25N5O4/c1-11(2)28-21-19(10-24-28)18(9-20(25-21)16-7-12(3)31-14(16)5)23(30)27-26-22(29)17-8-13(4)32-15(17)6/h7-11H,1-6H3,(H,26,29)(H,27,30). The van der Waals surface area contributed by atoms with Crippen molar-refractivity contribution >= 4 is 22.8 Å². The normalized spacial score (nSPS) is 11.3. The van der Waals surface area contributed by atoms with Crippen molar-refractivity contribution in [2.45, 2.75) is 47.6 Å². The summed E-state index contributed by atoms with van der Waals surface area (Å²) in [5, 5.41) is 4.99. The molecule has 32 heavy (non-hydrogen) atoms. The molecule has 4 aromatic rings. The number of hydrogen-bond donors (Lipinski definition) is 2. The third-order valence-corrected chi connectivity index (χ3v) is 5.19. The molecule has 0 aliphatic rings. The lowest BCUT2D eigenvalue weighted by Gasteiger charge is -2.11. The van der Waals surface area contributed by atoms with Crippen LogP contribution in [0.1, 0.15) is 63.6 Å². The molecule has 0 unspecified atom stereocenters. The summed E-state index contributed by atoms with van der Waals surface area (Å²) >= 11 is 0. The lowest BCUT2D eigenvalue weighted by atomic mass is 10.1. The Bertz CT molecular complexity index is 1340. The Kier molecular flexibility index (Phi) is 5.33. The van der Waals surface area contributed by atoms with E-state index in [2.05, 4.69) is 16.0 Å². The van der Waals surface area contributed by atoms with Crippen molar-refractivity contribution in [3.8, 4) is 11.3 Å². The smallest absolute Gasteiger partial charge is 0.273 e. The van der Waals surface area contributed by atoms with Gasteiger partial charge in [-0.2, -0.15) is 5.10 Å². The van der Waals surface area contributed by atoms with Gasteiger partial charge in [-0.05, 0) is 59.7 Å². The van der Waals surface area contributed by atoms with E-state index in [9.17, 15) is 9.59 Å². The molecule has 0 atom stereocenters. The van der Waals surface area contributed by atoms with Crippen molar-refractivity contribution in [2.24, 2.45) is 0 Å². The van der Waals surface area contributed by atoms with E-state index >= 15 is 0 Å². The average Bonchev–Trinajstić information content (AvgIpc) is 3.40. The Morgan fingerprint density at radius 2 is 1.53 bits per heavy atom. The van der Waals surface area contributed by atoms with Gasteiger partial charge in [0.05, 0.1) is 28.4 Å². The number of nitrogens with one attached hydrogen (secondary N) is 2. The summed E-state index contributed by atoms with van der Waals surface area (Å²) in [6.45, 7) is 11.1. The zero-order valence-corrected chi connectivity index (χ0v) is 18.9. The molecule has 2 amide bonds. The van der Waals surface area contributed by atoms with Gasteiger partial charge in [0, 0.05) is 11.6 Å². The Morgan fingerprint density at radius 1 is 0.906 bits per heavy atom. The third-order valence-electron chi connectivity index (χ3n) is 5.19. The molecule has 4 aromatic heterocycles. The molecule has 9 heteroatoms. The van der Waals surface area contributed by atoms with E-state index in [-0.39, 0.29) is 6.04 Å². The van der Waals surface area contributed by atoms with Crippen LogP contribution in [-0.4, -0.2) is 26.6 Å². The monoisotopic (exact) mass is 435 g/mol. The van der Waals surface area contributed by atoms with Gasteiger partial charge in [0.15, 0.2) is 5.65 Å². The molecule has 0 aliphatic heterocycles. The number of carbonyl (C=O) groups excluding carboxylic acids is 2. The van der Waals surface area contributed by atoms with Gasteiger partial charge in [-0.15, -0.1) is 0 Å². The number of aryl methyl sites for hydroxylation is 4. The van der Waals surface area contributed by atoms with Gasteiger partial charge >= 0.3 is 0 Å². The number of hydrazine groups is 1. The lowest BCUT2D eigenvalue weighted by Crippen LogP contribution is -2.41. The first-order valence-corrected chi connectivity index (χ1v) is 10.3. The Labute approximate surface area is 184 Å². The molecule has 0 aliphatic carbocycles. The Balaban J connectivity index is 1.72. The number of nitrogens with zero attached hydrogens (tertiary/aromatic N) is 3. The number of rotatable bonds is 4. The van der Waals surface area contributed by atoms with Gasteiger partial charge < -0.3 is 8.83 Å². The highest BCUT2D eigenvalue weighted by atomic mass is 16.3. The highest BCUT2D eigenvalue weighted by molar-refractivity contribution is 6.07. The predicted molar refractivity (Wildman–Crippen MR) is 118 cm³/mol. The molecular weight excluding hydrogens is 410 g/mol. The molecule has 0 saturated carbocycles. The van der Waals surface area contributed by atoms with Crippen LogP contribution in [0.2, 0.25) is 0 Å². The van der Waals surface area contributed by atoms with Crippen molar-refractivity contribution in [3.63, 3.8) is 0 Å². The quantitative estimate of drug-likeness (QED) is 0.465. The van der Waals surface area contributed by atoms with E-state index in [1.807, 2.05) is 33.8 Å². The number of pyridine rings is 1. The Hall–Kier alpha value is -3.88. The first-order chi connectivity index (χ1) is 15.2. The minimum absolute atomic E-state index is 0.0466. The van der Waals surface area contributed by atoms with Crippen molar-refractivity contribution < 1.29 is 18.4 Å². The zero-order chi connectivity index (χ0) is 23.2. The van der Waals surface area contributed by atoms with Crippen LogP contribution in [0.4, 0.5) is 0 Å². The second-order valence-corrected chi connectivity index (χ2v) is 8.04. The van der Waals surface area contributed by atoms with E-state index in [0.29, 0.717) is 45.1 Å². The van der Waals surface area contributed by atoms with Crippen molar-refractivity contribution in [1.82, 2.24) is 25.6 Å². The summed E-state index contributed by atoms with van der Waals surface area (Å²) in [6.07, 6.45) is 1.61. The lowest BCUT2D eigenvalue weighted by molar-refractivity contribution is 0.0846. The molecule has 0 spiro atoms. The fourth-order valence-electron chi connectivity index (χ4n) is 3.71. The van der Waals surface area contributed by atoms with Crippen LogP contribution in [0.15, 0.2) is 33.2 Å². The van der Waals surface area contributed by atoms with Crippen molar-refractivity contribution in [1.29, 1.82) is 0 Å². The van der Waals surface area contributed by atoms with Crippen LogP contribution in [0.5, 0.6) is 0 Å². The van der Waals surface area contributed by atoms with Crippen molar-refractivity contribution in [3.05, 3.63) is 58.6 Å². The van der Waals surface area contributed by atoms with E-state index < -0.39 is 11.8 Å². The fourth-order valence-corrected chi connectivity index (χ4v) is 3.71. The minimum Gasteiger partial charge on any atom is -0.466 e. The van der Waals surface area contributed by atoms with Crippen molar-refractivity contribution in [2.75, 3.05) is 0 Å². The summed E-state index contributed by atoms with van der Waals surface area (Å²) in [4.78, 5) is 30.3. The van der Waals surface area contributed by atoms with Crippen LogP contribution in [0.25, 0.3) is 22.3 Å². The minimum atomic E-state index is -0.481. The van der Waals surface area contributed by atoms with E-state index in [0.717, 1.165) is 11.3 Å². The molecule has 0 bridgehead atoms. The molecule has 2 N–H and O–H groups in total. The van der Waals surface area contributed by atoms with Crippen LogP contribution in [-0.2, 0) is 0 Å². The Morgan fingerprint density at radius 3 is 2.09 bits per heavy atom. The second kappa shape index (κ2) is 7.99. The maximum atomic E-state index is 13.1. The molecule has 0 aromatic carbocycles.